The summed E-state index contributed by atoms with van der Waals surface area (Å²) in [4.78, 5) is 16.1. The molecule has 0 aliphatic rings. The number of halogens is 2. The number of thioether (sulfide) groups is 1. The van der Waals surface area contributed by atoms with Gasteiger partial charge in [-0.3, -0.25) is 4.79 Å². The SMILES string of the molecule is CSc1cc(CNC(=O)c2cc(Cl)sc2Cl)ccn1. The Labute approximate surface area is 129 Å². The zero-order valence-corrected chi connectivity index (χ0v) is 13.1. The maximum absolute atomic E-state index is 11.9. The van der Waals surface area contributed by atoms with E-state index >= 15 is 0 Å². The highest BCUT2D eigenvalue weighted by molar-refractivity contribution is 7.98. The van der Waals surface area contributed by atoms with Gasteiger partial charge in [0.25, 0.3) is 5.91 Å². The molecular formula is C12H10Cl2N2OS2. The summed E-state index contributed by atoms with van der Waals surface area (Å²) in [5, 5.41) is 3.73. The second kappa shape index (κ2) is 6.61. The Morgan fingerprint density at radius 3 is 2.89 bits per heavy atom. The van der Waals surface area contributed by atoms with E-state index in [0.717, 1.165) is 10.6 Å². The number of hydrogen-bond donors (Lipinski definition) is 1. The van der Waals surface area contributed by atoms with E-state index in [1.54, 1.807) is 24.0 Å². The molecule has 0 radical (unpaired) electrons. The van der Waals surface area contributed by atoms with Gasteiger partial charge in [0, 0.05) is 12.7 Å². The molecule has 19 heavy (non-hydrogen) atoms. The summed E-state index contributed by atoms with van der Waals surface area (Å²) in [6.07, 6.45) is 3.68. The van der Waals surface area contributed by atoms with Crippen LogP contribution in [0.3, 0.4) is 0 Å². The summed E-state index contributed by atoms with van der Waals surface area (Å²) < 4.78 is 0.908. The quantitative estimate of drug-likeness (QED) is 0.857. The third kappa shape index (κ3) is 3.86. The van der Waals surface area contributed by atoms with Crippen LogP contribution in [0.4, 0.5) is 0 Å². The Hall–Kier alpha value is -0.750. The molecule has 0 aliphatic carbocycles. The molecule has 3 nitrogen and oxygen atoms in total. The number of rotatable bonds is 4. The van der Waals surface area contributed by atoms with Crippen LogP contribution in [0.2, 0.25) is 8.67 Å². The highest BCUT2D eigenvalue weighted by Gasteiger charge is 2.13. The first kappa shape index (κ1) is 14.7. The molecule has 2 aromatic heterocycles. The molecule has 0 saturated heterocycles. The van der Waals surface area contributed by atoms with Crippen molar-refractivity contribution in [3.05, 3.63) is 44.2 Å². The minimum atomic E-state index is -0.226. The molecule has 0 saturated carbocycles. The van der Waals surface area contributed by atoms with Crippen LogP contribution >= 0.6 is 46.3 Å². The van der Waals surface area contributed by atoms with Gasteiger partial charge in [-0.15, -0.1) is 23.1 Å². The van der Waals surface area contributed by atoms with E-state index < -0.39 is 0 Å². The van der Waals surface area contributed by atoms with Crippen molar-refractivity contribution in [1.29, 1.82) is 0 Å². The van der Waals surface area contributed by atoms with Crippen molar-refractivity contribution in [2.24, 2.45) is 0 Å². The second-order valence-electron chi connectivity index (χ2n) is 3.63. The molecule has 1 N–H and O–H groups in total. The zero-order chi connectivity index (χ0) is 13.8. The predicted molar refractivity (Wildman–Crippen MR) is 81.5 cm³/mol. The van der Waals surface area contributed by atoms with Crippen molar-refractivity contribution in [3.63, 3.8) is 0 Å². The smallest absolute Gasteiger partial charge is 0.253 e. The van der Waals surface area contributed by atoms with Crippen molar-refractivity contribution in [2.75, 3.05) is 6.26 Å². The minimum Gasteiger partial charge on any atom is -0.348 e. The van der Waals surface area contributed by atoms with Gasteiger partial charge < -0.3 is 5.32 Å². The highest BCUT2D eigenvalue weighted by atomic mass is 35.5. The average Bonchev–Trinajstić information content (AvgIpc) is 2.75. The topological polar surface area (TPSA) is 42.0 Å². The van der Waals surface area contributed by atoms with Crippen LogP contribution in [-0.4, -0.2) is 17.1 Å². The molecule has 0 atom stereocenters. The summed E-state index contributed by atoms with van der Waals surface area (Å²) in [6.45, 7) is 0.429. The molecule has 0 unspecified atom stereocenters. The lowest BCUT2D eigenvalue weighted by atomic mass is 10.2. The fraction of sp³-hybridized carbons (Fsp3) is 0.167. The van der Waals surface area contributed by atoms with Crippen LogP contribution in [0.5, 0.6) is 0 Å². The van der Waals surface area contributed by atoms with Gasteiger partial charge >= 0.3 is 0 Å². The lowest BCUT2D eigenvalue weighted by Gasteiger charge is -2.05. The van der Waals surface area contributed by atoms with Crippen LogP contribution < -0.4 is 5.32 Å². The monoisotopic (exact) mass is 332 g/mol. The van der Waals surface area contributed by atoms with Crippen molar-refractivity contribution < 1.29 is 4.79 Å². The molecule has 0 bridgehead atoms. The number of carbonyl (C=O) groups excluding carboxylic acids is 1. The summed E-state index contributed by atoms with van der Waals surface area (Å²) in [6, 6.07) is 5.37. The van der Waals surface area contributed by atoms with E-state index in [-0.39, 0.29) is 5.91 Å². The Kier molecular flexibility index (Phi) is 5.10. The normalized spacial score (nSPS) is 10.5. The fourth-order valence-electron chi connectivity index (χ4n) is 1.44. The average molecular weight is 333 g/mol. The third-order valence-electron chi connectivity index (χ3n) is 2.36. The van der Waals surface area contributed by atoms with Gasteiger partial charge in [-0.2, -0.15) is 0 Å². The Balaban J connectivity index is 2.02. The van der Waals surface area contributed by atoms with Gasteiger partial charge in [0.1, 0.15) is 4.34 Å². The van der Waals surface area contributed by atoms with E-state index in [2.05, 4.69) is 10.3 Å². The van der Waals surface area contributed by atoms with Crippen molar-refractivity contribution >= 4 is 52.2 Å². The number of amides is 1. The standard InChI is InChI=1S/C12H10Cl2N2OS2/c1-18-10-4-7(2-3-15-10)6-16-12(17)8-5-9(13)19-11(8)14/h2-5H,6H2,1H3,(H,16,17). The van der Waals surface area contributed by atoms with Crippen molar-refractivity contribution in [2.45, 2.75) is 11.6 Å². The maximum atomic E-state index is 11.9. The van der Waals surface area contributed by atoms with Gasteiger partial charge in [0.2, 0.25) is 0 Å². The number of pyridine rings is 1. The first-order chi connectivity index (χ1) is 9.10. The molecule has 0 fully saturated rings. The Morgan fingerprint density at radius 2 is 2.26 bits per heavy atom. The Morgan fingerprint density at radius 1 is 1.47 bits per heavy atom. The fourth-order valence-corrected chi connectivity index (χ4v) is 3.34. The number of aromatic nitrogens is 1. The molecule has 2 aromatic rings. The van der Waals surface area contributed by atoms with Gasteiger partial charge in [-0.05, 0) is 30.0 Å². The number of hydrogen-bond acceptors (Lipinski definition) is 4. The minimum absolute atomic E-state index is 0.226. The second-order valence-corrected chi connectivity index (χ2v) is 6.74. The first-order valence-corrected chi connectivity index (χ1v) is 8.12. The maximum Gasteiger partial charge on any atom is 0.253 e. The molecule has 2 rings (SSSR count). The van der Waals surface area contributed by atoms with E-state index in [1.165, 1.54) is 11.3 Å². The van der Waals surface area contributed by atoms with Gasteiger partial charge in [0.05, 0.1) is 14.9 Å². The van der Waals surface area contributed by atoms with Gasteiger partial charge in [-0.25, -0.2) is 4.98 Å². The van der Waals surface area contributed by atoms with E-state index in [1.807, 2.05) is 18.4 Å². The van der Waals surface area contributed by atoms with Crippen LogP contribution in [0, 0.1) is 0 Å². The molecular weight excluding hydrogens is 323 g/mol. The number of nitrogens with zero attached hydrogens (tertiary/aromatic N) is 1. The van der Waals surface area contributed by atoms with Crippen molar-refractivity contribution in [1.82, 2.24) is 10.3 Å². The highest BCUT2D eigenvalue weighted by Crippen LogP contribution is 2.31. The molecule has 7 heteroatoms. The van der Waals surface area contributed by atoms with E-state index in [9.17, 15) is 4.79 Å². The van der Waals surface area contributed by atoms with Crippen LogP contribution in [-0.2, 0) is 6.54 Å². The largest absolute Gasteiger partial charge is 0.348 e. The summed E-state index contributed by atoms with van der Waals surface area (Å²) in [7, 11) is 0. The van der Waals surface area contributed by atoms with Gasteiger partial charge in [0.15, 0.2) is 0 Å². The number of nitrogens with one attached hydrogen (secondary N) is 1. The van der Waals surface area contributed by atoms with E-state index in [0.29, 0.717) is 20.8 Å². The van der Waals surface area contributed by atoms with Gasteiger partial charge in [-0.1, -0.05) is 23.2 Å². The third-order valence-corrected chi connectivity index (χ3v) is 4.49. The van der Waals surface area contributed by atoms with E-state index in [4.69, 9.17) is 23.2 Å². The van der Waals surface area contributed by atoms with Crippen LogP contribution in [0.1, 0.15) is 15.9 Å². The summed E-state index contributed by atoms with van der Waals surface area (Å²) >= 11 is 14.5. The molecule has 100 valence electrons. The number of thiophene rings is 1. The summed E-state index contributed by atoms with van der Waals surface area (Å²) in [5.41, 5.74) is 1.40. The van der Waals surface area contributed by atoms with Crippen LogP contribution in [0.15, 0.2) is 29.4 Å². The lowest BCUT2D eigenvalue weighted by molar-refractivity contribution is 0.0951. The molecule has 0 aliphatic heterocycles. The van der Waals surface area contributed by atoms with Crippen LogP contribution in [0.25, 0.3) is 0 Å². The van der Waals surface area contributed by atoms with Crippen molar-refractivity contribution in [3.8, 4) is 0 Å². The molecule has 1 amide bonds. The zero-order valence-electron chi connectivity index (χ0n) is 9.94. The molecule has 0 spiro atoms. The molecule has 0 aromatic carbocycles. The first-order valence-electron chi connectivity index (χ1n) is 5.32. The summed E-state index contributed by atoms with van der Waals surface area (Å²) in [5.74, 6) is -0.226. The lowest BCUT2D eigenvalue weighted by Crippen LogP contribution is -2.22. The molecule has 2 heterocycles. The predicted octanol–water partition coefficient (Wildman–Crippen LogP) is 4.10. The Bertz CT molecular complexity index is 601. The number of carbonyl (C=O) groups is 1.